The Morgan fingerprint density at radius 3 is 2.62 bits per heavy atom. The van der Waals surface area contributed by atoms with Crippen LogP contribution in [0.4, 0.5) is 0 Å². The van der Waals surface area contributed by atoms with Crippen molar-refractivity contribution < 1.29 is 9.02 Å². The quantitative estimate of drug-likeness (QED) is 0.653. The van der Waals surface area contributed by atoms with Gasteiger partial charge in [0.1, 0.15) is 5.75 Å². The molecule has 0 aliphatic rings. The number of hydrogen-bond donors (Lipinski definition) is 1. The molecule has 0 saturated heterocycles. The number of hydrogen-bond acceptors (Lipinski definition) is 4. The highest BCUT2D eigenvalue weighted by atomic mass is 32.2. The molecule has 3 nitrogen and oxygen atoms in total. The smallest absolute Gasteiger partial charge is 0.127 e. The van der Waals surface area contributed by atoms with E-state index < -0.39 is 0 Å². The minimum atomic E-state index is 0.657. The standard InChI is InChI=1S/C12H13NO2S/c1-2-14-11-7-3-6-10-9(11)5-4-8-12(10)16-15-13/h3-8H,2,13H2,1H3. The molecule has 0 atom stereocenters. The van der Waals surface area contributed by atoms with Crippen LogP contribution < -0.4 is 10.6 Å². The molecule has 2 aromatic rings. The highest BCUT2D eigenvalue weighted by Gasteiger charge is 2.05. The topological polar surface area (TPSA) is 44.5 Å². The molecule has 0 spiro atoms. The summed E-state index contributed by atoms with van der Waals surface area (Å²) in [6, 6.07) is 11.9. The Labute approximate surface area is 98.7 Å². The molecule has 4 heteroatoms. The number of rotatable bonds is 4. The first kappa shape index (κ1) is 11.3. The van der Waals surface area contributed by atoms with Crippen molar-refractivity contribution in [2.75, 3.05) is 6.61 Å². The molecule has 0 aromatic heterocycles. The second-order valence-corrected chi connectivity index (χ2v) is 4.02. The molecular formula is C12H13NO2S. The van der Waals surface area contributed by atoms with Gasteiger partial charge in [0.05, 0.1) is 18.6 Å². The van der Waals surface area contributed by atoms with Gasteiger partial charge in [0.15, 0.2) is 0 Å². The zero-order valence-electron chi connectivity index (χ0n) is 8.97. The van der Waals surface area contributed by atoms with E-state index in [-0.39, 0.29) is 0 Å². The largest absolute Gasteiger partial charge is 0.493 e. The van der Waals surface area contributed by atoms with Crippen molar-refractivity contribution >= 4 is 22.8 Å². The number of nitrogens with two attached hydrogens (primary N) is 1. The summed E-state index contributed by atoms with van der Waals surface area (Å²) in [6.07, 6.45) is 0. The second-order valence-electron chi connectivity index (χ2n) is 3.22. The van der Waals surface area contributed by atoms with E-state index in [1.54, 1.807) is 0 Å². The first-order valence-corrected chi connectivity index (χ1v) is 5.79. The average Bonchev–Trinajstić information content (AvgIpc) is 2.31. The Balaban J connectivity index is 2.57. The molecule has 0 bridgehead atoms. The van der Waals surface area contributed by atoms with Gasteiger partial charge in [0.2, 0.25) is 0 Å². The van der Waals surface area contributed by atoms with Crippen molar-refractivity contribution in [3.05, 3.63) is 36.4 Å². The average molecular weight is 235 g/mol. The van der Waals surface area contributed by atoms with Crippen LogP contribution >= 0.6 is 12.0 Å². The summed E-state index contributed by atoms with van der Waals surface area (Å²) in [4.78, 5) is 0.988. The number of fused-ring (bicyclic) bond motifs is 1. The van der Waals surface area contributed by atoms with Crippen LogP contribution in [0.2, 0.25) is 0 Å². The van der Waals surface area contributed by atoms with Crippen molar-refractivity contribution in [3.63, 3.8) is 0 Å². The molecule has 2 rings (SSSR count). The molecule has 0 amide bonds. The fourth-order valence-electron chi connectivity index (χ4n) is 1.66. The van der Waals surface area contributed by atoms with Gasteiger partial charge in [-0.25, -0.2) is 10.2 Å². The lowest BCUT2D eigenvalue weighted by molar-refractivity contribution is 0.344. The molecule has 0 aliphatic heterocycles. The van der Waals surface area contributed by atoms with Crippen LogP contribution in [0.15, 0.2) is 41.3 Å². The molecule has 0 radical (unpaired) electrons. The first-order chi connectivity index (χ1) is 7.86. The van der Waals surface area contributed by atoms with Gasteiger partial charge in [0.25, 0.3) is 0 Å². The monoisotopic (exact) mass is 235 g/mol. The molecule has 0 aliphatic carbocycles. The Bertz CT molecular complexity index is 442. The summed E-state index contributed by atoms with van der Waals surface area (Å²) in [5.41, 5.74) is 0. The second kappa shape index (κ2) is 5.21. The lowest BCUT2D eigenvalue weighted by Gasteiger charge is -2.09. The van der Waals surface area contributed by atoms with E-state index in [9.17, 15) is 0 Å². The normalized spacial score (nSPS) is 10.6. The highest BCUT2D eigenvalue weighted by molar-refractivity contribution is 7.94. The number of ether oxygens (including phenoxy) is 1. The van der Waals surface area contributed by atoms with E-state index in [1.807, 2.05) is 43.3 Å². The maximum atomic E-state index is 5.57. The molecule has 2 N–H and O–H groups in total. The van der Waals surface area contributed by atoms with Gasteiger partial charge < -0.3 is 4.74 Å². The molecule has 0 fully saturated rings. The van der Waals surface area contributed by atoms with Gasteiger partial charge in [-0.05, 0) is 19.1 Å². The summed E-state index contributed by atoms with van der Waals surface area (Å²) in [7, 11) is 0. The third-order valence-electron chi connectivity index (χ3n) is 2.28. The van der Waals surface area contributed by atoms with Gasteiger partial charge in [-0.3, -0.25) is 0 Å². The summed E-state index contributed by atoms with van der Waals surface area (Å²) in [6.45, 7) is 2.63. The van der Waals surface area contributed by atoms with Crippen molar-refractivity contribution in [3.8, 4) is 5.75 Å². The molecular weight excluding hydrogens is 222 g/mol. The first-order valence-electron chi connectivity index (χ1n) is 5.04. The maximum absolute atomic E-state index is 5.57. The highest BCUT2D eigenvalue weighted by Crippen LogP contribution is 2.32. The fourth-order valence-corrected chi connectivity index (χ4v) is 2.16. The van der Waals surface area contributed by atoms with Crippen LogP contribution in [0, 0.1) is 0 Å². The third-order valence-corrected chi connectivity index (χ3v) is 2.91. The third kappa shape index (κ3) is 2.14. The lowest BCUT2D eigenvalue weighted by atomic mass is 10.1. The lowest BCUT2D eigenvalue weighted by Crippen LogP contribution is -1.93. The fraction of sp³-hybridized carbons (Fsp3) is 0.167. The van der Waals surface area contributed by atoms with E-state index in [1.165, 1.54) is 0 Å². The summed E-state index contributed by atoms with van der Waals surface area (Å²) >= 11 is 1.15. The van der Waals surface area contributed by atoms with Crippen molar-refractivity contribution in [2.45, 2.75) is 11.8 Å². The Hall–Kier alpha value is -1.23. The van der Waals surface area contributed by atoms with E-state index in [0.29, 0.717) is 6.61 Å². The number of benzene rings is 2. The minimum Gasteiger partial charge on any atom is -0.493 e. The summed E-state index contributed by atoms with van der Waals surface area (Å²) in [5, 5.41) is 2.16. The van der Waals surface area contributed by atoms with Crippen LogP contribution in [0.5, 0.6) is 5.75 Å². The van der Waals surface area contributed by atoms with E-state index in [2.05, 4.69) is 4.28 Å². The maximum Gasteiger partial charge on any atom is 0.127 e. The van der Waals surface area contributed by atoms with Gasteiger partial charge in [-0.15, -0.1) is 0 Å². The molecule has 0 heterocycles. The van der Waals surface area contributed by atoms with Gasteiger partial charge in [0, 0.05) is 15.7 Å². The molecule has 84 valence electrons. The van der Waals surface area contributed by atoms with Crippen molar-refractivity contribution in [2.24, 2.45) is 5.90 Å². The van der Waals surface area contributed by atoms with Gasteiger partial charge in [-0.2, -0.15) is 0 Å². The van der Waals surface area contributed by atoms with Crippen LogP contribution in [-0.2, 0) is 4.28 Å². The van der Waals surface area contributed by atoms with Crippen LogP contribution in [0.1, 0.15) is 6.92 Å². The van der Waals surface area contributed by atoms with E-state index in [4.69, 9.17) is 10.6 Å². The predicted molar refractivity (Wildman–Crippen MR) is 66.2 cm³/mol. The molecule has 16 heavy (non-hydrogen) atoms. The Morgan fingerprint density at radius 2 is 1.88 bits per heavy atom. The van der Waals surface area contributed by atoms with Gasteiger partial charge >= 0.3 is 0 Å². The molecule has 0 unspecified atom stereocenters. The minimum absolute atomic E-state index is 0.657. The van der Waals surface area contributed by atoms with Crippen molar-refractivity contribution in [1.82, 2.24) is 0 Å². The SMILES string of the molecule is CCOc1cccc2c(SON)cccc12. The zero-order chi connectivity index (χ0) is 11.4. The van der Waals surface area contributed by atoms with Crippen LogP contribution in [0.3, 0.4) is 0 Å². The Morgan fingerprint density at radius 1 is 1.12 bits per heavy atom. The summed E-state index contributed by atoms with van der Waals surface area (Å²) in [5.74, 6) is 5.97. The van der Waals surface area contributed by atoms with Crippen LogP contribution in [0.25, 0.3) is 10.8 Å². The summed E-state index contributed by atoms with van der Waals surface area (Å²) < 4.78 is 10.2. The van der Waals surface area contributed by atoms with E-state index in [0.717, 1.165) is 33.5 Å². The van der Waals surface area contributed by atoms with E-state index >= 15 is 0 Å². The zero-order valence-corrected chi connectivity index (χ0v) is 9.79. The Kier molecular flexibility index (Phi) is 3.66. The molecule has 2 aromatic carbocycles. The van der Waals surface area contributed by atoms with Gasteiger partial charge in [-0.1, -0.05) is 24.3 Å². The van der Waals surface area contributed by atoms with Crippen LogP contribution in [-0.4, -0.2) is 6.61 Å². The predicted octanol–water partition coefficient (Wildman–Crippen LogP) is 3.14. The van der Waals surface area contributed by atoms with Crippen molar-refractivity contribution in [1.29, 1.82) is 0 Å². The molecule has 0 saturated carbocycles.